The van der Waals surface area contributed by atoms with E-state index in [0.717, 1.165) is 5.56 Å². The smallest absolute Gasteiger partial charge is 0.194 e. The molecule has 9 nitrogen and oxygen atoms in total. The van der Waals surface area contributed by atoms with Crippen LogP contribution in [0.2, 0.25) is 0 Å². The molecule has 9 heteroatoms. The number of ether oxygens (including phenoxy) is 3. The van der Waals surface area contributed by atoms with Crippen LogP contribution >= 0.6 is 0 Å². The maximum atomic E-state index is 13.9. The second kappa shape index (κ2) is 9.55. The van der Waals surface area contributed by atoms with Gasteiger partial charge in [0.25, 0.3) is 0 Å². The molecule has 0 saturated carbocycles. The number of ketones is 3. The first-order chi connectivity index (χ1) is 17.8. The third-order valence-electron chi connectivity index (χ3n) is 6.91. The summed E-state index contributed by atoms with van der Waals surface area (Å²) in [7, 11) is 1.55. The van der Waals surface area contributed by atoms with Crippen molar-refractivity contribution in [2.75, 3.05) is 7.11 Å². The molecule has 2 aromatic rings. The Bertz CT molecular complexity index is 1450. The number of fused-ring (bicyclic) bond motifs is 3. The molecule has 1 aliphatic carbocycles. The molecule has 1 heterocycles. The van der Waals surface area contributed by atoms with E-state index in [1.807, 2.05) is 26.0 Å². The number of allylic oxidation sites excluding steroid dienone is 4. The molecule has 1 aliphatic heterocycles. The first-order valence-corrected chi connectivity index (χ1v) is 12.2. The number of phenols is 2. The van der Waals surface area contributed by atoms with Crippen molar-refractivity contribution >= 4 is 17.3 Å². The van der Waals surface area contributed by atoms with Gasteiger partial charge in [-0.25, -0.2) is 0 Å². The van der Waals surface area contributed by atoms with Crippen LogP contribution in [0.25, 0.3) is 0 Å². The van der Waals surface area contributed by atoms with Crippen LogP contribution in [0.1, 0.15) is 61.7 Å². The third kappa shape index (κ3) is 4.08. The molecule has 0 radical (unpaired) electrons. The normalized spacial score (nSPS) is 19.4. The second-order valence-electron chi connectivity index (χ2n) is 9.89. The molecule has 38 heavy (non-hydrogen) atoms. The lowest BCUT2D eigenvalue weighted by molar-refractivity contribution is -0.123. The van der Waals surface area contributed by atoms with E-state index in [0.29, 0.717) is 23.7 Å². The maximum absolute atomic E-state index is 13.9. The fourth-order valence-electron chi connectivity index (χ4n) is 4.86. The second-order valence-corrected chi connectivity index (χ2v) is 9.89. The zero-order chi connectivity index (χ0) is 28.1. The molecule has 2 aliphatic rings. The highest BCUT2D eigenvalue weighted by atomic mass is 16.5. The minimum atomic E-state index is -1.56. The summed E-state index contributed by atoms with van der Waals surface area (Å²) in [6.45, 7) is 9.98. The van der Waals surface area contributed by atoms with Crippen molar-refractivity contribution in [2.24, 2.45) is 0 Å². The minimum absolute atomic E-state index is 0.00710. The average molecular weight is 522 g/mol. The first kappa shape index (κ1) is 26.8. The van der Waals surface area contributed by atoms with Gasteiger partial charge in [0.2, 0.25) is 0 Å². The van der Waals surface area contributed by atoms with Crippen LogP contribution in [0, 0.1) is 6.92 Å². The number of carbonyl (C=O) groups excluding carboxylic acids is 3. The van der Waals surface area contributed by atoms with Gasteiger partial charge < -0.3 is 29.7 Å². The van der Waals surface area contributed by atoms with Gasteiger partial charge in [-0.05, 0) is 59.2 Å². The number of hydrogen-bond donors (Lipinski definition) is 3. The highest BCUT2D eigenvalue weighted by Gasteiger charge is 2.56. The van der Waals surface area contributed by atoms with Crippen molar-refractivity contribution in [2.45, 2.75) is 59.6 Å². The van der Waals surface area contributed by atoms with E-state index in [2.05, 4.69) is 5.32 Å². The van der Waals surface area contributed by atoms with Gasteiger partial charge in [-0.2, -0.15) is 0 Å². The van der Waals surface area contributed by atoms with Crippen molar-refractivity contribution in [3.8, 4) is 28.7 Å². The molecule has 0 aromatic heterocycles. The molecule has 1 atom stereocenters. The summed E-state index contributed by atoms with van der Waals surface area (Å²) in [5, 5.41) is 24.6. The van der Waals surface area contributed by atoms with Crippen molar-refractivity contribution in [1.82, 2.24) is 5.32 Å². The summed E-state index contributed by atoms with van der Waals surface area (Å²) in [5.74, 6) is -1.40. The SMILES string of the molecule is COc1cc(CNC(C)=C2C(=O)C=C3Oc4c(C(C)=O)c(O)c(C)c(O)c4[C@@]3(C)C2=O)ccc1OC(C)C. The number of Topliss-reactive ketones (excluding diaryl/α,β-unsaturated/α-hetero) is 2. The van der Waals surface area contributed by atoms with Gasteiger partial charge in [-0.15, -0.1) is 0 Å². The number of nitrogens with one attached hydrogen (secondary N) is 1. The fourth-order valence-corrected chi connectivity index (χ4v) is 4.86. The Balaban J connectivity index is 1.72. The van der Waals surface area contributed by atoms with Gasteiger partial charge in [-0.3, -0.25) is 14.4 Å². The van der Waals surface area contributed by atoms with Crippen molar-refractivity contribution in [3.05, 3.63) is 63.6 Å². The molecule has 0 fully saturated rings. The quantitative estimate of drug-likeness (QED) is 0.279. The van der Waals surface area contributed by atoms with Gasteiger partial charge in [0, 0.05) is 23.9 Å². The van der Waals surface area contributed by atoms with Crippen LogP contribution in [-0.4, -0.2) is 40.8 Å². The number of benzene rings is 2. The monoisotopic (exact) mass is 521 g/mol. The largest absolute Gasteiger partial charge is 0.507 e. The molecule has 0 unspecified atom stereocenters. The van der Waals surface area contributed by atoms with E-state index in [4.69, 9.17) is 14.2 Å². The summed E-state index contributed by atoms with van der Waals surface area (Å²) in [5.41, 5.74) is -0.525. The Kier molecular flexibility index (Phi) is 6.73. The third-order valence-corrected chi connectivity index (χ3v) is 6.91. The number of aromatic hydroxyl groups is 2. The lowest BCUT2D eigenvalue weighted by atomic mass is 9.70. The summed E-state index contributed by atoms with van der Waals surface area (Å²) in [4.78, 5) is 39.3. The highest BCUT2D eigenvalue weighted by Crippen LogP contribution is 2.57. The van der Waals surface area contributed by atoms with E-state index in [-0.39, 0.29) is 45.6 Å². The number of phenolic OH excluding ortho intramolecular Hbond substituents is 2. The molecule has 0 bridgehead atoms. The van der Waals surface area contributed by atoms with E-state index in [1.165, 1.54) is 26.8 Å². The van der Waals surface area contributed by atoms with Crippen LogP contribution in [0.5, 0.6) is 28.7 Å². The van der Waals surface area contributed by atoms with Gasteiger partial charge in [0.15, 0.2) is 28.8 Å². The molecule has 3 N–H and O–H groups in total. The number of hydrogen-bond acceptors (Lipinski definition) is 9. The van der Waals surface area contributed by atoms with Gasteiger partial charge in [0.1, 0.15) is 34.0 Å². The summed E-state index contributed by atoms with van der Waals surface area (Å²) < 4.78 is 17.0. The predicted octanol–water partition coefficient (Wildman–Crippen LogP) is 4.15. The Labute approximate surface area is 220 Å². The van der Waals surface area contributed by atoms with Crippen molar-refractivity contribution in [3.63, 3.8) is 0 Å². The van der Waals surface area contributed by atoms with Gasteiger partial charge >= 0.3 is 0 Å². The predicted molar refractivity (Wildman–Crippen MR) is 139 cm³/mol. The van der Waals surface area contributed by atoms with Crippen molar-refractivity contribution < 1.29 is 38.8 Å². The lowest BCUT2D eigenvalue weighted by Crippen LogP contribution is -2.41. The number of rotatable bonds is 7. The van der Waals surface area contributed by atoms with E-state index >= 15 is 0 Å². The highest BCUT2D eigenvalue weighted by molar-refractivity contribution is 6.31. The molecular weight excluding hydrogens is 490 g/mol. The Morgan fingerprint density at radius 1 is 1.13 bits per heavy atom. The molecule has 0 saturated heterocycles. The van der Waals surface area contributed by atoms with Crippen LogP contribution in [0.15, 0.2) is 41.3 Å². The van der Waals surface area contributed by atoms with Gasteiger partial charge in [0.05, 0.1) is 24.4 Å². The molecule has 0 spiro atoms. The molecule has 2 aromatic carbocycles. The summed E-state index contributed by atoms with van der Waals surface area (Å²) in [6, 6.07) is 5.46. The number of carbonyl (C=O) groups is 3. The molecular formula is C29H31NO8. The average Bonchev–Trinajstić information content (AvgIpc) is 3.14. The van der Waals surface area contributed by atoms with Crippen LogP contribution in [-0.2, 0) is 21.5 Å². The molecule has 0 amide bonds. The van der Waals surface area contributed by atoms with E-state index < -0.39 is 28.5 Å². The summed E-state index contributed by atoms with van der Waals surface area (Å²) in [6.07, 6.45) is 1.17. The number of methoxy groups -OCH3 is 1. The fraction of sp³-hybridized carbons (Fsp3) is 0.345. The lowest BCUT2D eigenvalue weighted by Gasteiger charge is -2.29. The standard InChI is InChI=1S/C29H31NO8/c1-13(2)37-19-9-8-17(10-20(19)36-7)12-30-15(4)22-18(32)11-21-29(6,28(22)35)24-26(34)14(3)25(33)23(16(5)31)27(24)38-21/h8-11,13,30,33-34H,12H2,1-7H3/t29-/m0/s1. The first-order valence-electron chi connectivity index (χ1n) is 12.2. The maximum Gasteiger partial charge on any atom is 0.194 e. The zero-order valence-corrected chi connectivity index (χ0v) is 22.4. The topological polar surface area (TPSA) is 131 Å². The van der Waals surface area contributed by atoms with Crippen LogP contribution in [0.4, 0.5) is 0 Å². The molecule has 4 rings (SSSR count). The van der Waals surface area contributed by atoms with E-state index in [9.17, 15) is 24.6 Å². The molecule has 200 valence electrons. The Hall–Kier alpha value is -4.27. The van der Waals surface area contributed by atoms with E-state index in [1.54, 1.807) is 20.1 Å². The van der Waals surface area contributed by atoms with Crippen LogP contribution < -0.4 is 19.5 Å². The zero-order valence-electron chi connectivity index (χ0n) is 22.4. The minimum Gasteiger partial charge on any atom is -0.507 e. The van der Waals surface area contributed by atoms with Crippen molar-refractivity contribution in [1.29, 1.82) is 0 Å². The Morgan fingerprint density at radius 2 is 1.82 bits per heavy atom. The van der Waals surface area contributed by atoms with Crippen LogP contribution in [0.3, 0.4) is 0 Å². The summed E-state index contributed by atoms with van der Waals surface area (Å²) >= 11 is 0. The van der Waals surface area contributed by atoms with Gasteiger partial charge in [-0.1, -0.05) is 6.07 Å². The Morgan fingerprint density at radius 3 is 2.42 bits per heavy atom.